The second-order valence-corrected chi connectivity index (χ2v) is 6.15. The summed E-state index contributed by atoms with van der Waals surface area (Å²) in [7, 11) is 0. The number of hydrogen-bond acceptors (Lipinski definition) is 5. The number of amides is 4. The molecule has 1 atom stereocenters. The van der Waals surface area contributed by atoms with E-state index < -0.39 is 17.9 Å². The SMILES string of the molecule is C=C(/C=C(\C=C/C)OCCO)CN(C=O)C[C@H](NC(=O)NC=O)c1ccc(F)cc1. The average Bonchev–Trinajstić information content (AvgIpc) is 2.71. The van der Waals surface area contributed by atoms with E-state index in [-0.39, 0.29) is 32.7 Å². The van der Waals surface area contributed by atoms with Gasteiger partial charge in [-0.1, -0.05) is 24.8 Å². The number of urea groups is 1. The molecule has 8 nitrogen and oxygen atoms in total. The molecule has 0 heterocycles. The molecule has 0 bridgehead atoms. The first-order valence-corrected chi connectivity index (χ1v) is 9.14. The Bertz CT molecular complexity index is 777. The number of nitrogens with zero attached hydrogens (tertiary/aromatic N) is 1. The minimum Gasteiger partial charge on any atom is -0.491 e. The molecule has 0 saturated heterocycles. The van der Waals surface area contributed by atoms with Crippen LogP contribution in [-0.4, -0.2) is 55.2 Å². The molecule has 3 N–H and O–H groups in total. The Hall–Kier alpha value is -3.46. The highest BCUT2D eigenvalue weighted by atomic mass is 19.1. The molecule has 0 radical (unpaired) electrons. The number of aliphatic hydroxyl groups is 1. The monoisotopic (exact) mass is 419 g/mol. The van der Waals surface area contributed by atoms with Crippen LogP contribution in [0.2, 0.25) is 0 Å². The molecule has 162 valence electrons. The Morgan fingerprint density at radius 1 is 1.33 bits per heavy atom. The summed E-state index contributed by atoms with van der Waals surface area (Å²) in [4.78, 5) is 35.3. The quantitative estimate of drug-likeness (QED) is 0.257. The molecule has 4 amide bonds. The lowest BCUT2D eigenvalue weighted by molar-refractivity contribution is -0.118. The largest absolute Gasteiger partial charge is 0.491 e. The van der Waals surface area contributed by atoms with Gasteiger partial charge >= 0.3 is 6.03 Å². The van der Waals surface area contributed by atoms with Gasteiger partial charge in [0.1, 0.15) is 18.2 Å². The normalized spacial score (nSPS) is 12.2. The Morgan fingerprint density at radius 3 is 2.60 bits per heavy atom. The lowest BCUT2D eigenvalue weighted by atomic mass is 10.1. The van der Waals surface area contributed by atoms with Gasteiger partial charge in [0.25, 0.3) is 0 Å². The van der Waals surface area contributed by atoms with Crippen LogP contribution in [0.4, 0.5) is 9.18 Å². The van der Waals surface area contributed by atoms with Gasteiger partial charge in [-0.3, -0.25) is 14.9 Å². The van der Waals surface area contributed by atoms with Crippen molar-refractivity contribution in [1.29, 1.82) is 0 Å². The van der Waals surface area contributed by atoms with Gasteiger partial charge in [0.15, 0.2) is 0 Å². The predicted molar refractivity (Wildman–Crippen MR) is 110 cm³/mol. The molecule has 0 spiro atoms. The number of carbonyl (C=O) groups is 3. The average molecular weight is 419 g/mol. The first-order valence-electron chi connectivity index (χ1n) is 9.14. The molecule has 1 rings (SSSR count). The van der Waals surface area contributed by atoms with Crippen LogP contribution in [0, 0.1) is 5.82 Å². The highest BCUT2D eigenvalue weighted by molar-refractivity contribution is 5.84. The van der Waals surface area contributed by atoms with Crippen LogP contribution in [0.5, 0.6) is 0 Å². The van der Waals surface area contributed by atoms with E-state index in [1.807, 2.05) is 5.32 Å². The van der Waals surface area contributed by atoms with E-state index in [1.165, 1.54) is 29.2 Å². The first kappa shape index (κ1) is 24.6. The van der Waals surface area contributed by atoms with Crippen LogP contribution >= 0.6 is 0 Å². The van der Waals surface area contributed by atoms with Crippen molar-refractivity contribution in [2.45, 2.75) is 13.0 Å². The van der Waals surface area contributed by atoms with Crippen molar-refractivity contribution in [1.82, 2.24) is 15.5 Å². The summed E-state index contributed by atoms with van der Waals surface area (Å²) < 4.78 is 18.6. The second-order valence-electron chi connectivity index (χ2n) is 6.15. The van der Waals surface area contributed by atoms with Crippen LogP contribution in [0.25, 0.3) is 0 Å². The van der Waals surface area contributed by atoms with Gasteiger partial charge < -0.3 is 20.1 Å². The molecule has 0 aliphatic carbocycles. The number of aliphatic hydroxyl groups excluding tert-OH is 1. The molecule has 0 aromatic heterocycles. The number of allylic oxidation sites excluding steroid dienone is 2. The minimum absolute atomic E-state index is 0.0463. The van der Waals surface area contributed by atoms with Crippen LogP contribution in [-0.2, 0) is 14.3 Å². The number of hydrogen-bond donors (Lipinski definition) is 3. The van der Waals surface area contributed by atoms with Crippen molar-refractivity contribution in [3.05, 3.63) is 71.8 Å². The highest BCUT2D eigenvalue weighted by Gasteiger charge is 2.18. The van der Waals surface area contributed by atoms with E-state index in [1.54, 1.807) is 25.2 Å². The third-order valence-corrected chi connectivity index (χ3v) is 3.78. The van der Waals surface area contributed by atoms with E-state index >= 15 is 0 Å². The Morgan fingerprint density at radius 2 is 2.03 bits per heavy atom. The third kappa shape index (κ3) is 9.16. The van der Waals surface area contributed by atoms with E-state index in [4.69, 9.17) is 9.84 Å². The van der Waals surface area contributed by atoms with E-state index in [0.29, 0.717) is 23.3 Å². The van der Waals surface area contributed by atoms with Gasteiger partial charge in [0.05, 0.1) is 12.6 Å². The number of carbonyl (C=O) groups excluding carboxylic acids is 3. The third-order valence-electron chi connectivity index (χ3n) is 3.78. The van der Waals surface area contributed by atoms with Gasteiger partial charge in [0, 0.05) is 13.1 Å². The minimum atomic E-state index is -0.753. The Balaban J connectivity index is 2.94. The Kier molecular flexibility index (Phi) is 11.2. The number of benzene rings is 1. The zero-order valence-electron chi connectivity index (χ0n) is 16.7. The molecule has 30 heavy (non-hydrogen) atoms. The molecular weight excluding hydrogens is 393 g/mol. The predicted octanol–water partition coefficient (Wildman–Crippen LogP) is 1.81. The van der Waals surface area contributed by atoms with Crippen molar-refractivity contribution in [3.63, 3.8) is 0 Å². The topological polar surface area (TPSA) is 108 Å². The number of halogens is 1. The maximum atomic E-state index is 13.2. The molecule has 0 unspecified atom stereocenters. The molecular formula is C21H26FN3O5. The van der Waals surface area contributed by atoms with Gasteiger partial charge in [0.2, 0.25) is 12.8 Å². The number of imide groups is 1. The molecule has 0 fully saturated rings. The summed E-state index contributed by atoms with van der Waals surface area (Å²) in [6, 6.07) is 3.97. The summed E-state index contributed by atoms with van der Waals surface area (Å²) in [5.41, 5.74) is 1.09. The van der Waals surface area contributed by atoms with Crippen LogP contribution < -0.4 is 10.6 Å². The van der Waals surface area contributed by atoms with Crippen molar-refractivity contribution in [2.75, 3.05) is 26.3 Å². The summed E-state index contributed by atoms with van der Waals surface area (Å²) in [6.07, 6.45) is 5.91. The fourth-order valence-corrected chi connectivity index (χ4v) is 2.54. The summed E-state index contributed by atoms with van der Waals surface area (Å²) in [6.45, 7) is 5.86. The van der Waals surface area contributed by atoms with E-state index in [9.17, 15) is 18.8 Å². The van der Waals surface area contributed by atoms with E-state index in [2.05, 4.69) is 11.9 Å². The molecule has 0 aliphatic rings. The first-order chi connectivity index (χ1) is 14.4. The Labute approximate surface area is 174 Å². The van der Waals surface area contributed by atoms with E-state index in [0.717, 1.165) is 0 Å². The summed E-state index contributed by atoms with van der Waals surface area (Å²) in [5.74, 6) is 0.0287. The lowest BCUT2D eigenvalue weighted by Gasteiger charge is -2.25. The van der Waals surface area contributed by atoms with Crippen molar-refractivity contribution < 1.29 is 28.6 Å². The smallest absolute Gasteiger partial charge is 0.321 e. The molecule has 9 heteroatoms. The fraction of sp³-hybridized carbons (Fsp3) is 0.286. The van der Waals surface area contributed by atoms with Crippen LogP contribution in [0.1, 0.15) is 18.5 Å². The van der Waals surface area contributed by atoms with Crippen molar-refractivity contribution in [3.8, 4) is 0 Å². The van der Waals surface area contributed by atoms with Crippen LogP contribution in [0.3, 0.4) is 0 Å². The fourth-order valence-electron chi connectivity index (χ4n) is 2.54. The highest BCUT2D eigenvalue weighted by Crippen LogP contribution is 2.16. The number of ether oxygens (including phenoxy) is 1. The zero-order chi connectivity index (χ0) is 22.4. The van der Waals surface area contributed by atoms with Gasteiger partial charge in [-0.15, -0.1) is 0 Å². The second kappa shape index (κ2) is 13.7. The van der Waals surface area contributed by atoms with Crippen molar-refractivity contribution >= 4 is 18.9 Å². The lowest BCUT2D eigenvalue weighted by Crippen LogP contribution is -2.42. The van der Waals surface area contributed by atoms with Gasteiger partial charge in [-0.05, 0) is 42.3 Å². The van der Waals surface area contributed by atoms with Crippen LogP contribution in [0.15, 0.2) is 60.4 Å². The number of rotatable bonds is 13. The molecule has 1 aromatic carbocycles. The van der Waals surface area contributed by atoms with Gasteiger partial charge in [-0.25, -0.2) is 9.18 Å². The zero-order valence-corrected chi connectivity index (χ0v) is 16.7. The van der Waals surface area contributed by atoms with Gasteiger partial charge in [-0.2, -0.15) is 0 Å². The summed E-state index contributed by atoms with van der Waals surface area (Å²) in [5, 5.41) is 13.4. The summed E-state index contributed by atoms with van der Waals surface area (Å²) >= 11 is 0. The van der Waals surface area contributed by atoms with Crippen molar-refractivity contribution in [2.24, 2.45) is 0 Å². The number of nitrogens with one attached hydrogen (secondary N) is 2. The maximum Gasteiger partial charge on any atom is 0.321 e. The molecule has 0 aliphatic heterocycles. The maximum absolute atomic E-state index is 13.2. The molecule has 1 aromatic rings. The molecule has 0 saturated carbocycles. The standard InChI is InChI=1S/C21H26FN3O5/c1-3-4-19(30-10-9-26)11-16(2)12-25(15-28)13-20(24-21(29)23-14-27)17-5-7-18(22)8-6-17/h3-8,11,14-15,20,26H,2,9-10,12-13H2,1H3,(H2,23,24,27,29)/b4-3-,19-11+/t20-/m0/s1.